The van der Waals surface area contributed by atoms with Crippen molar-refractivity contribution in [1.82, 2.24) is 4.98 Å². The minimum absolute atomic E-state index is 0.0470. The van der Waals surface area contributed by atoms with Crippen molar-refractivity contribution < 1.29 is 24.9 Å². The molecule has 49 heavy (non-hydrogen) atoms. The lowest BCUT2D eigenvalue weighted by Crippen LogP contribution is -2.19. The molecular formula is C40H44ClNO5S2. The molecular weight excluding hydrogens is 674 g/mol. The predicted octanol–water partition coefficient (Wildman–Crippen LogP) is 9.66. The van der Waals surface area contributed by atoms with Gasteiger partial charge in [-0.25, -0.2) is 0 Å². The second-order valence-electron chi connectivity index (χ2n) is 14.5. The Morgan fingerprint density at radius 1 is 0.878 bits per heavy atom. The molecule has 0 amide bonds. The average Bonchev–Trinajstić information content (AvgIpc) is 4.00. The maximum Gasteiger partial charge on any atom is 0.310 e. The smallest absolute Gasteiger partial charge is 0.310 e. The van der Waals surface area contributed by atoms with E-state index in [4.69, 9.17) is 16.6 Å². The van der Waals surface area contributed by atoms with E-state index in [2.05, 4.69) is 42.5 Å². The Morgan fingerprint density at radius 2 is 1.57 bits per heavy atom. The third kappa shape index (κ3) is 9.01. The Hall–Kier alpha value is -3.04. The van der Waals surface area contributed by atoms with Crippen LogP contribution in [0.1, 0.15) is 90.8 Å². The lowest BCUT2D eigenvalue weighted by Gasteiger charge is -2.25. The van der Waals surface area contributed by atoms with Gasteiger partial charge < -0.3 is 15.3 Å². The van der Waals surface area contributed by atoms with Gasteiger partial charge in [-0.15, -0.1) is 0 Å². The van der Waals surface area contributed by atoms with Gasteiger partial charge in [0, 0.05) is 44.5 Å². The Labute approximate surface area is 302 Å². The number of carbonyl (C=O) groups is 2. The standard InChI is InChI=1S/C40H44ClNO5S2/c1-38(2,47)32-9-4-3-6-26(32)12-15-34(49-25-40(18-19-40)37(45)46)28-7-5-8-29(20-28)35(48-24-39(16-17-39)23-36(43)44)22-31-14-11-27-10-13-30(41)21-33(27)42-31/h3-11,13-14,20-21,34-35,47H,12,15-19,22-25H2,1-2H3,(H,43,44)(H,45,46)/t34-,35-/m1/s1. The molecule has 6 nitrogen and oxygen atoms in total. The fourth-order valence-corrected chi connectivity index (χ4v) is 9.91. The summed E-state index contributed by atoms with van der Waals surface area (Å²) >= 11 is 9.84. The van der Waals surface area contributed by atoms with Gasteiger partial charge in [0.15, 0.2) is 0 Å². The number of rotatable bonds is 17. The van der Waals surface area contributed by atoms with E-state index >= 15 is 0 Å². The highest BCUT2D eigenvalue weighted by Gasteiger charge is 2.50. The number of aliphatic carboxylic acids is 2. The van der Waals surface area contributed by atoms with E-state index in [1.54, 1.807) is 11.8 Å². The van der Waals surface area contributed by atoms with Crippen LogP contribution in [-0.4, -0.2) is 43.7 Å². The highest BCUT2D eigenvalue weighted by molar-refractivity contribution is 7.99. The molecule has 0 spiro atoms. The van der Waals surface area contributed by atoms with Crippen LogP contribution in [0.4, 0.5) is 0 Å². The van der Waals surface area contributed by atoms with E-state index in [0.29, 0.717) is 30.0 Å². The number of aromatic nitrogens is 1. The van der Waals surface area contributed by atoms with Crippen molar-refractivity contribution in [2.24, 2.45) is 10.8 Å². The van der Waals surface area contributed by atoms with Gasteiger partial charge in [-0.3, -0.25) is 14.6 Å². The van der Waals surface area contributed by atoms with E-state index in [9.17, 15) is 24.9 Å². The number of aryl methyl sites for hydroxylation is 1. The van der Waals surface area contributed by atoms with Crippen molar-refractivity contribution in [2.45, 2.75) is 81.3 Å². The van der Waals surface area contributed by atoms with Gasteiger partial charge >= 0.3 is 11.9 Å². The lowest BCUT2D eigenvalue weighted by molar-refractivity contribution is -0.142. The van der Waals surface area contributed by atoms with Crippen LogP contribution in [0.15, 0.2) is 78.9 Å². The van der Waals surface area contributed by atoms with Gasteiger partial charge in [-0.1, -0.05) is 72.3 Å². The number of pyridine rings is 1. The molecule has 0 unspecified atom stereocenters. The number of carboxylic acid groups (broad SMARTS) is 2. The molecule has 2 saturated carbocycles. The number of halogens is 1. The van der Waals surface area contributed by atoms with Gasteiger partial charge in [0.25, 0.3) is 0 Å². The van der Waals surface area contributed by atoms with Gasteiger partial charge in [-0.2, -0.15) is 23.5 Å². The zero-order valence-corrected chi connectivity index (χ0v) is 30.4. The summed E-state index contributed by atoms with van der Waals surface area (Å²) in [7, 11) is 0. The first-order chi connectivity index (χ1) is 23.3. The molecule has 0 bridgehead atoms. The summed E-state index contributed by atoms with van der Waals surface area (Å²) in [6, 6.07) is 26.6. The summed E-state index contributed by atoms with van der Waals surface area (Å²) in [5.74, 6) is -0.133. The van der Waals surface area contributed by atoms with Gasteiger partial charge in [-0.05, 0) is 98.2 Å². The maximum absolute atomic E-state index is 12.1. The minimum Gasteiger partial charge on any atom is -0.481 e. The highest BCUT2D eigenvalue weighted by atomic mass is 35.5. The average molecular weight is 718 g/mol. The first-order valence-electron chi connectivity index (χ1n) is 17.0. The normalized spacial score (nSPS) is 17.4. The summed E-state index contributed by atoms with van der Waals surface area (Å²) in [6.45, 7) is 3.62. The van der Waals surface area contributed by atoms with E-state index in [1.165, 1.54) is 0 Å². The molecule has 2 fully saturated rings. The van der Waals surface area contributed by atoms with Crippen LogP contribution < -0.4 is 0 Å². The quantitative estimate of drug-likeness (QED) is 0.0991. The molecule has 1 heterocycles. The number of hydrogen-bond donors (Lipinski definition) is 3. The summed E-state index contributed by atoms with van der Waals surface area (Å²) in [4.78, 5) is 28.7. The van der Waals surface area contributed by atoms with E-state index in [0.717, 1.165) is 70.3 Å². The topological polar surface area (TPSA) is 108 Å². The molecule has 6 rings (SSSR count). The highest BCUT2D eigenvalue weighted by Crippen LogP contribution is 2.54. The monoisotopic (exact) mass is 717 g/mol. The molecule has 2 aliphatic rings. The summed E-state index contributed by atoms with van der Waals surface area (Å²) in [5, 5.41) is 32.2. The van der Waals surface area contributed by atoms with Crippen molar-refractivity contribution >= 4 is 58.0 Å². The molecule has 2 aliphatic carbocycles. The van der Waals surface area contributed by atoms with Crippen molar-refractivity contribution in [3.8, 4) is 0 Å². The molecule has 4 aromatic rings. The number of carboxylic acids is 2. The number of thioether (sulfide) groups is 2. The van der Waals surface area contributed by atoms with Crippen molar-refractivity contribution in [2.75, 3.05) is 11.5 Å². The molecule has 3 N–H and O–H groups in total. The van der Waals surface area contributed by atoms with Gasteiger partial charge in [0.05, 0.1) is 23.0 Å². The van der Waals surface area contributed by atoms with Crippen LogP contribution in [0.25, 0.3) is 10.9 Å². The fraction of sp³-hybridized carbons (Fsp3) is 0.425. The van der Waals surface area contributed by atoms with Crippen LogP contribution in [0.5, 0.6) is 0 Å². The Morgan fingerprint density at radius 3 is 2.24 bits per heavy atom. The van der Waals surface area contributed by atoms with Crippen LogP contribution in [0, 0.1) is 10.8 Å². The molecule has 258 valence electrons. The number of aliphatic hydroxyl groups is 1. The van der Waals surface area contributed by atoms with E-state index in [-0.39, 0.29) is 22.3 Å². The molecule has 2 atom stereocenters. The van der Waals surface area contributed by atoms with Crippen LogP contribution in [0.3, 0.4) is 0 Å². The summed E-state index contributed by atoms with van der Waals surface area (Å²) in [5.41, 5.74) is 4.35. The third-order valence-electron chi connectivity index (χ3n) is 10.1. The molecule has 0 saturated heterocycles. The maximum atomic E-state index is 12.1. The SMILES string of the molecule is CC(C)(O)c1ccccc1CC[C@@H](SCC1(C(=O)O)CC1)c1cccc([C@@H](Cc2ccc3ccc(Cl)cc3n2)SCC2(CC(=O)O)CC2)c1. The van der Waals surface area contributed by atoms with Crippen LogP contribution in [0.2, 0.25) is 5.02 Å². The lowest BCUT2D eigenvalue weighted by atomic mass is 9.90. The summed E-state index contributed by atoms with van der Waals surface area (Å²) < 4.78 is 0. The zero-order chi connectivity index (χ0) is 34.8. The van der Waals surface area contributed by atoms with Crippen molar-refractivity contribution in [1.29, 1.82) is 0 Å². The number of hydrogen-bond acceptors (Lipinski definition) is 6. The fourth-order valence-electron chi connectivity index (χ4n) is 6.61. The molecule has 9 heteroatoms. The Bertz CT molecular complexity index is 1830. The molecule has 3 aromatic carbocycles. The second kappa shape index (κ2) is 14.7. The number of benzene rings is 3. The third-order valence-corrected chi connectivity index (χ3v) is 13.5. The summed E-state index contributed by atoms with van der Waals surface area (Å²) in [6.07, 6.45) is 5.71. The first kappa shape index (κ1) is 35.8. The van der Waals surface area contributed by atoms with Gasteiger partial charge in [0.1, 0.15) is 0 Å². The molecule has 0 radical (unpaired) electrons. The van der Waals surface area contributed by atoms with Crippen molar-refractivity contribution in [3.05, 3.63) is 112 Å². The predicted molar refractivity (Wildman–Crippen MR) is 201 cm³/mol. The van der Waals surface area contributed by atoms with Crippen LogP contribution >= 0.6 is 35.1 Å². The number of nitrogens with zero attached hydrogens (tertiary/aromatic N) is 1. The van der Waals surface area contributed by atoms with E-state index in [1.807, 2.05) is 62.0 Å². The minimum atomic E-state index is -0.966. The zero-order valence-electron chi connectivity index (χ0n) is 28.0. The van der Waals surface area contributed by atoms with Crippen molar-refractivity contribution in [3.63, 3.8) is 0 Å². The molecule has 0 aliphatic heterocycles. The Kier molecular flexibility index (Phi) is 10.7. The molecule has 1 aromatic heterocycles. The van der Waals surface area contributed by atoms with Gasteiger partial charge in [0.2, 0.25) is 0 Å². The number of fused-ring (bicyclic) bond motifs is 1. The first-order valence-corrected chi connectivity index (χ1v) is 19.5. The largest absolute Gasteiger partial charge is 0.481 e. The van der Waals surface area contributed by atoms with Crippen LogP contribution in [-0.2, 0) is 28.0 Å². The van der Waals surface area contributed by atoms with E-state index < -0.39 is 23.0 Å². The second-order valence-corrected chi connectivity index (χ2v) is 17.3. The Balaban J connectivity index is 1.29.